The Morgan fingerprint density at radius 1 is 1.00 bits per heavy atom. The van der Waals surface area contributed by atoms with Crippen molar-refractivity contribution in [2.75, 3.05) is 27.9 Å². The Morgan fingerprint density at radius 2 is 1.62 bits per heavy atom. The largest absolute Gasteiger partial charge is 0.497 e. The Kier molecular flexibility index (Phi) is 6.07. The number of hydrogen-bond donors (Lipinski definition) is 0. The highest BCUT2D eigenvalue weighted by Gasteiger charge is 2.18. The molecule has 5 nitrogen and oxygen atoms in total. The van der Waals surface area contributed by atoms with Crippen molar-refractivity contribution in [3.8, 4) is 17.2 Å². The second-order valence-corrected chi connectivity index (χ2v) is 5.39. The Hall–Kier alpha value is -2.69. The van der Waals surface area contributed by atoms with E-state index < -0.39 is 0 Å². The molecule has 2 aromatic rings. The molecule has 0 aromatic heterocycles. The third-order valence-corrected chi connectivity index (χ3v) is 3.99. The molecule has 1 atom stereocenters. The van der Waals surface area contributed by atoms with Crippen LogP contribution in [0.4, 0.5) is 0 Å². The van der Waals surface area contributed by atoms with Gasteiger partial charge < -0.3 is 19.1 Å². The Bertz CT molecular complexity index is 669. The fourth-order valence-electron chi connectivity index (χ4n) is 2.30. The summed E-state index contributed by atoms with van der Waals surface area (Å²) in [6.07, 6.45) is 0. The first-order chi connectivity index (χ1) is 11.6. The maximum Gasteiger partial charge on any atom is 0.260 e. The minimum atomic E-state index is -0.107. The number of methoxy groups -OCH3 is 2. The van der Waals surface area contributed by atoms with E-state index in [1.54, 1.807) is 38.3 Å². The van der Waals surface area contributed by atoms with Crippen LogP contribution >= 0.6 is 0 Å². The van der Waals surface area contributed by atoms with E-state index in [0.29, 0.717) is 11.5 Å². The summed E-state index contributed by atoms with van der Waals surface area (Å²) in [5.41, 5.74) is 1.03. The molecule has 24 heavy (non-hydrogen) atoms. The van der Waals surface area contributed by atoms with Crippen LogP contribution in [0.3, 0.4) is 0 Å². The first-order valence-corrected chi connectivity index (χ1v) is 7.72. The van der Waals surface area contributed by atoms with Gasteiger partial charge in [0.15, 0.2) is 18.1 Å². The van der Waals surface area contributed by atoms with Crippen LogP contribution in [0.2, 0.25) is 0 Å². The highest BCUT2D eigenvalue weighted by atomic mass is 16.5. The molecule has 1 amide bonds. The predicted molar refractivity (Wildman–Crippen MR) is 92.7 cm³/mol. The number of ether oxygens (including phenoxy) is 3. The fraction of sp³-hybridized carbons (Fsp3) is 0.316. The van der Waals surface area contributed by atoms with Gasteiger partial charge in [0.1, 0.15) is 5.75 Å². The average molecular weight is 329 g/mol. The minimum Gasteiger partial charge on any atom is -0.497 e. The third kappa shape index (κ3) is 4.19. The summed E-state index contributed by atoms with van der Waals surface area (Å²) in [6, 6.07) is 14.9. The molecule has 1 unspecified atom stereocenters. The molecule has 0 saturated carbocycles. The van der Waals surface area contributed by atoms with Crippen molar-refractivity contribution in [1.82, 2.24) is 4.90 Å². The van der Waals surface area contributed by atoms with Crippen LogP contribution in [0.5, 0.6) is 17.2 Å². The molecule has 0 aliphatic heterocycles. The summed E-state index contributed by atoms with van der Waals surface area (Å²) in [5, 5.41) is 0. The normalized spacial score (nSPS) is 11.5. The number of carbonyl (C=O) groups excluding carboxylic acids is 1. The molecule has 0 aliphatic carbocycles. The zero-order valence-electron chi connectivity index (χ0n) is 14.5. The molecule has 0 bridgehead atoms. The second-order valence-electron chi connectivity index (χ2n) is 5.39. The molecule has 0 fully saturated rings. The van der Waals surface area contributed by atoms with Gasteiger partial charge in [0.25, 0.3) is 5.91 Å². The lowest BCUT2D eigenvalue weighted by atomic mass is 10.1. The van der Waals surface area contributed by atoms with Gasteiger partial charge in [0, 0.05) is 7.05 Å². The Morgan fingerprint density at radius 3 is 2.21 bits per heavy atom. The third-order valence-electron chi connectivity index (χ3n) is 3.99. The molecule has 0 saturated heterocycles. The number of nitrogens with zero attached hydrogens (tertiary/aromatic N) is 1. The van der Waals surface area contributed by atoms with Crippen molar-refractivity contribution in [3.05, 3.63) is 54.1 Å². The van der Waals surface area contributed by atoms with Crippen LogP contribution in [0.15, 0.2) is 48.5 Å². The number of benzene rings is 2. The van der Waals surface area contributed by atoms with Crippen LogP contribution in [-0.4, -0.2) is 38.7 Å². The Labute approximate surface area is 142 Å². The summed E-state index contributed by atoms with van der Waals surface area (Å²) in [6.45, 7) is 1.93. The van der Waals surface area contributed by atoms with E-state index in [2.05, 4.69) is 0 Å². The molecule has 2 aromatic carbocycles. The van der Waals surface area contributed by atoms with Gasteiger partial charge in [-0.25, -0.2) is 0 Å². The number of carbonyl (C=O) groups is 1. The molecule has 0 aliphatic rings. The Balaban J connectivity index is 1.97. The SMILES string of the molecule is COc1ccc(C(C)N(C)C(=O)COc2ccccc2OC)cc1. The molecule has 128 valence electrons. The molecule has 0 radical (unpaired) electrons. The lowest BCUT2D eigenvalue weighted by molar-refractivity contribution is -0.134. The second kappa shape index (κ2) is 8.24. The number of hydrogen-bond acceptors (Lipinski definition) is 4. The van der Waals surface area contributed by atoms with Crippen molar-refractivity contribution in [2.45, 2.75) is 13.0 Å². The van der Waals surface area contributed by atoms with Crippen LogP contribution in [0.25, 0.3) is 0 Å². The van der Waals surface area contributed by atoms with E-state index in [9.17, 15) is 4.79 Å². The summed E-state index contributed by atoms with van der Waals surface area (Å²) in [4.78, 5) is 14.1. The summed E-state index contributed by atoms with van der Waals surface area (Å²) >= 11 is 0. The van der Waals surface area contributed by atoms with Crippen LogP contribution in [0.1, 0.15) is 18.5 Å². The standard InChI is InChI=1S/C19H23NO4/c1-14(15-9-11-16(22-3)12-10-15)20(2)19(21)13-24-18-8-6-5-7-17(18)23-4/h5-12,14H,13H2,1-4H3. The fourth-order valence-corrected chi connectivity index (χ4v) is 2.30. The molecule has 0 heterocycles. The highest BCUT2D eigenvalue weighted by Crippen LogP contribution is 2.26. The number of rotatable bonds is 7. The number of likely N-dealkylation sites (N-methyl/N-ethyl adjacent to an activating group) is 1. The van der Waals surface area contributed by atoms with Gasteiger partial charge in [-0.15, -0.1) is 0 Å². The van der Waals surface area contributed by atoms with Gasteiger partial charge in [-0.1, -0.05) is 24.3 Å². The van der Waals surface area contributed by atoms with Crippen molar-refractivity contribution in [3.63, 3.8) is 0 Å². The van der Waals surface area contributed by atoms with Gasteiger partial charge in [-0.3, -0.25) is 4.79 Å². The van der Waals surface area contributed by atoms with E-state index in [1.165, 1.54) is 0 Å². The van der Waals surface area contributed by atoms with Gasteiger partial charge in [0.2, 0.25) is 0 Å². The van der Waals surface area contributed by atoms with E-state index in [1.807, 2.05) is 43.3 Å². The average Bonchev–Trinajstić information content (AvgIpc) is 2.65. The summed E-state index contributed by atoms with van der Waals surface area (Å²) in [7, 11) is 4.97. The van der Waals surface area contributed by atoms with Crippen LogP contribution < -0.4 is 14.2 Å². The van der Waals surface area contributed by atoms with E-state index in [4.69, 9.17) is 14.2 Å². The summed E-state index contributed by atoms with van der Waals surface area (Å²) in [5.74, 6) is 1.85. The van der Waals surface area contributed by atoms with E-state index >= 15 is 0 Å². The molecular weight excluding hydrogens is 306 g/mol. The maximum absolute atomic E-state index is 12.4. The van der Waals surface area contributed by atoms with Gasteiger partial charge in [-0.05, 0) is 36.8 Å². The molecule has 2 rings (SSSR count). The minimum absolute atomic E-state index is 0.0443. The first-order valence-electron chi connectivity index (χ1n) is 7.72. The number of amides is 1. The molecule has 0 spiro atoms. The highest BCUT2D eigenvalue weighted by molar-refractivity contribution is 5.78. The van der Waals surface area contributed by atoms with Gasteiger partial charge in [0.05, 0.1) is 20.3 Å². The monoisotopic (exact) mass is 329 g/mol. The van der Waals surface area contributed by atoms with Crippen molar-refractivity contribution in [2.24, 2.45) is 0 Å². The zero-order chi connectivity index (χ0) is 17.5. The van der Waals surface area contributed by atoms with Crippen LogP contribution in [-0.2, 0) is 4.79 Å². The molecule has 5 heteroatoms. The van der Waals surface area contributed by atoms with Gasteiger partial charge >= 0.3 is 0 Å². The molecular formula is C19H23NO4. The predicted octanol–water partition coefficient (Wildman–Crippen LogP) is 3.30. The van der Waals surface area contributed by atoms with Crippen LogP contribution in [0, 0.1) is 0 Å². The molecule has 0 N–H and O–H groups in total. The number of para-hydroxylation sites is 2. The first kappa shape index (κ1) is 17.7. The van der Waals surface area contributed by atoms with Gasteiger partial charge in [-0.2, -0.15) is 0 Å². The van der Waals surface area contributed by atoms with Crippen molar-refractivity contribution < 1.29 is 19.0 Å². The topological polar surface area (TPSA) is 48.0 Å². The van der Waals surface area contributed by atoms with Crippen molar-refractivity contribution in [1.29, 1.82) is 0 Å². The van der Waals surface area contributed by atoms with Crippen molar-refractivity contribution >= 4 is 5.91 Å². The lowest BCUT2D eigenvalue weighted by Gasteiger charge is -2.25. The lowest BCUT2D eigenvalue weighted by Crippen LogP contribution is -2.33. The smallest absolute Gasteiger partial charge is 0.260 e. The van der Waals surface area contributed by atoms with E-state index in [0.717, 1.165) is 11.3 Å². The van der Waals surface area contributed by atoms with E-state index in [-0.39, 0.29) is 18.6 Å². The maximum atomic E-state index is 12.4. The summed E-state index contributed by atoms with van der Waals surface area (Å²) < 4.78 is 16.0. The zero-order valence-corrected chi connectivity index (χ0v) is 14.5. The quantitative estimate of drug-likeness (QED) is 0.782.